The van der Waals surface area contributed by atoms with Gasteiger partial charge in [0.25, 0.3) is 5.92 Å². The van der Waals surface area contributed by atoms with Crippen LogP contribution in [0.1, 0.15) is 38.8 Å². The highest BCUT2D eigenvalue weighted by atomic mass is 19.3. The van der Waals surface area contributed by atoms with Gasteiger partial charge in [0.05, 0.1) is 35.8 Å². The zero-order chi connectivity index (χ0) is 25.9. The summed E-state index contributed by atoms with van der Waals surface area (Å²) in [6.45, 7) is 3.48. The number of fused-ring (bicyclic) bond motifs is 3. The lowest BCUT2D eigenvalue weighted by molar-refractivity contribution is -0.114. The molecule has 0 aromatic carbocycles. The first kappa shape index (κ1) is 24.0. The van der Waals surface area contributed by atoms with Crippen LogP contribution in [-0.4, -0.2) is 70.3 Å². The number of hydrogen-bond donors (Lipinski definition) is 1. The highest BCUT2D eigenvalue weighted by molar-refractivity contribution is 5.95. The molecule has 1 amide bonds. The third-order valence-corrected chi connectivity index (χ3v) is 7.16. The maximum Gasteiger partial charge on any atom is 0.287 e. The molecule has 3 aromatic rings. The molecule has 2 bridgehead atoms. The van der Waals surface area contributed by atoms with Crippen molar-refractivity contribution >= 4 is 28.4 Å². The molecule has 3 aromatic heterocycles. The maximum atomic E-state index is 14.5. The van der Waals surface area contributed by atoms with Gasteiger partial charge in [0, 0.05) is 64.7 Å². The van der Waals surface area contributed by atoms with Gasteiger partial charge in [-0.25, -0.2) is 14.6 Å². The Bertz CT molecular complexity index is 1350. The predicted octanol–water partition coefficient (Wildman–Crippen LogP) is 3.42. The summed E-state index contributed by atoms with van der Waals surface area (Å²) in [5.74, 6) is -1.99. The van der Waals surface area contributed by atoms with Crippen LogP contribution in [0.15, 0.2) is 24.4 Å². The van der Waals surface area contributed by atoms with E-state index in [1.165, 1.54) is 17.7 Å². The number of nitrogens with zero attached hydrogens (tertiary/aromatic N) is 5. The van der Waals surface area contributed by atoms with Gasteiger partial charge in [0.2, 0.25) is 5.91 Å². The summed E-state index contributed by atoms with van der Waals surface area (Å²) in [6, 6.07) is 4.74. The number of halogens is 2. The monoisotopic (exact) mass is 514 g/mol. The average Bonchev–Trinajstić information content (AvgIpc) is 3.54. The summed E-state index contributed by atoms with van der Waals surface area (Å²) >= 11 is 0. The minimum Gasteiger partial charge on any atom is -0.490 e. The Kier molecular flexibility index (Phi) is 5.75. The van der Waals surface area contributed by atoms with Crippen molar-refractivity contribution in [2.75, 3.05) is 30.5 Å². The van der Waals surface area contributed by atoms with Crippen molar-refractivity contribution in [1.82, 2.24) is 19.7 Å². The highest BCUT2D eigenvalue weighted by Gasteiger charge is 2.41. The number of alkyl halides is 2. The Morgan fingerprint density at radius 2 is 2.03 bits per heavy atom. The Balaban J connectivity index is 1.46. The van der Waals surface area contributed by atoms with Crippen molar-refractivity contribution < 1.29 is 27.8 Å². The summed E-state index contributed by atoms with van der Waals surface area (Å²) in [7, 11) is 1.64. The van der Waals surface area contributed by atoms with Crippen molar-refractivity contribution in [3.05, 3.63) is 30.1 Å². The van der Waals surface area contributed by atoms with Gasteiger partial charge in [-0.3, -0.25) is 4.79 Å². The third kappa shape index (κ3) is 4.48. The Morgan fingerprint density at radius 1 is 1.22 bits per heavy atom. The number of amides is 1. The second-order valence-corrected chi connectivity index (χ2v) is 10.0. The number of hydrogen-bond acceptors (Lipinski definition) is 8. The molecule has 2 unspecified atom stereocenters. The normalized spacial score (nSPS) is 24.9. The topological polar surface area (TPSA) is 104 Å². The molecule has 2 saturated heterocycles. The second kappa shape index (κ2) is 8.88. The van der Waals surface area contributed by atoms with Gasteiger partial charge in [-0.1, -0.05) is 0 Å². The van der Waals surface area contributed by atoms with Crippen LogP contribution < -0.4 is 15.0 Å². The molecule has 10 nitrogen and oxygen atoms in total. The molecule has 1 aliphatic carbocycles. The van der Waals surface area contributed by atoms with Crippen LogP contribution in [0.5, 0.6) is 5.75 Å². The van der Waals surface area contributed by atoms with Crippen LogP contribution in [0, 0.1) is 0 Å². The number of pyridine rings is 2. The molecule has 1 saturated carbocycles. The molecule has 2 aliphatic heterocycles. The van der Waals surface area contributed by atoms with Gasteiger partial charge in [0.1, 0.15) is 23.4 Å². The number of nitrogens with one attached hydrogen (secondary N) is 1. The molecule has 37 heavy (non-hydrogen) atoms. The largest absolute Gasteiger partial charge is 0.490 e. The lowest BCUT2D eigenvalue weighted by Crippen LogP contribution is -2.38. The standard InChI is InChI=1S/C25H28F2N6O4/c1-13(34)29-22-9-20-19(10-28-22)24(32-11-18-4-14(32)12-36-18)31-33(20)23-8-17(7-21(30-23)25(2,26)27)37-16-5-15(6-16)35-3/h7-10,14-16,18H,4-6,11-12H2,1-3H3,(H,28,29,34). The lowest BCUT2D eigenvalue weighted by Gasteiger charge is -2.34. The minimum atomic E-state index is -3.19. The van der Waals surface area contributed by atoms with E-state index in [0.717, 1.165) is 18.7 Å². The molecule has 196 valence electrons. The molecule has 2 atom stereocenters. The molecular formula is C25H28F2N6O4. The molecule has 3 aliphatic rings. The number of methoxy groups -OCH3 is 1. The number of ether oxygens (including phenoxy) is 3. The van der Waals surface area contributed by atoms with Crippen molar-refractivity contribution in [3.8, 4) is 11.6 Å². The fourth-order valence-corrected chi connectivity index (χ4v) is 5.18. The van der Waals surface area contributed by atoms with E-state index in [-0.39, 0.29) is 41.8 Å². The molecule has 1 N–H and O–H groups in total. The van der Waals surface area contributed by atoms with Gasteiger partial charge in [0.15, 0.2) is 11.6 Å². The van der Waals surface area contributed by atoms with E-state index in [9.17, 15) is 13.6 Å². The number of rotatable bonds is 7. The van der Waals surface area contributed by atoms with Crippen LogP contribution >= 0.6 is 0 Å². The maximum absolute atomic E-state index is 14.5. The molecule has 6 rings (SSSR count). The fraction of sp³-hybridized carbons (Fsp3) is 0.520. The number of aromatic nitrogens is 4. The third-order valence-electron chi connectivity index (χ3n) is 7.16. The average molecular weight is 515 g/mol. The Labute approximate surface area is 211 Å². The zero-order valence-electron chi connectivity index (χ0n) is 20.8. The first-order valence-corrected chi connectivity index (χ1v) is 12.3. The van der Waals surface area contributed by atoms with Crippen molar-refractivity contribution in [2.24, 2.45) is 0 Å². The van der Waals surface area contributed by atoms with Gasteiger partial charge in [-0.2, -0.15) is 8.78 Å². The molecule has 0 radical (unpaired) electrons. The summed E-state index contributed by atoms with van der Waals surface area (Å²) in [6.07, 6.45) is 4.04. The van der Waals surface area contributed by atoms with E-state index in [1.807, 2.05) is 0 Å². The van der Waals surface area contributed by atoms with E-state index in [2.05, 4.69) is 20.2 Å². The van der Waals surface area contributed by atoms with Crippen LogP contribution in [-0.2, 0) is 20.2 Å². The van der Waals surface area contributed by atoms with E-state index >= 15 is 0 Å². The molecule has 3 fully saturated rings. The van der Waals surface area contributed by atoms with Crippen LogP contribution in [0.25, 0.3) is 16.7 Å². The van der Waals surface area contributed by atoms with Crippen molar-refractivity contribution in [2.45, 2.75) is 63.4 Å². The van der Waals surface area contributed by atoms with Gasteiger partial charge >= 0.3 is 0 Å². The van der Waals surface area contributed by atoms with Crippen LogP contribution in [0.3, 0.4) is 0 Å². The van der Waals surface area contributed by atoms with E-state index < -0.39 is 11.6 Å². The summed E-state index contributed by atoms with van der Waals surface area (Å²) in [5, 5.41) is 8.24. The quantitative estimate of drug-likeness (QED) is 0.512. The molecule has 0 spiro atoms. The van der Waals surface area contributed by atoms with E-state index in [4.69, 9.17) is 19.3 Å². The smallest absolute Gasteiger partial charge is 0.287 e. The van der Waals surface area contributed by atoms with Gasteiger partial charge < -0.3 is 24.4 Å². The zero-order valence-corrected chi connectivity index (χ0v) is 20.8. The summed E-state index contributed by atoms with van der Waals surface area (Å²) < 4.78 is 47.6. The number of anilines is 2. The van der Waals surface area contributed by atoms with Gasteiger partial charge in [-0.05, 0) is 6.42 Å². The lowest BCUT2D eigenvalue weighted by atomic mass is 9.92. The predicted molar refractivity (Wildman–Crippen MR) is 130 cm³/mol. The minimum absolute atomic E-state index is 0.107. The number of carbonyl (C=O) groups excluding carboxylic acids is 1. The fourth-order valence-electron chi connectivity index (χ4n) is 5.18. The van der Waals surface area contributed by atoms with Crippen molar-refractivity contribution in [1.29, 1.82) is 0 Å². The van der Waals surface area contributed by atoms with E-state index in [0.29, 0.717) is 43.1 Å². The van der Waals surface area contributed by atoms with Crippen LogP contribution in [0.4, 0.5) is 20.4 Å². The van der Waals surface area contributed by atoms with Gasteiger partial charge in [-0.15, -0.1) is 5.10 Å². The number of morpholine rings is 1. The Hall–Kier alpha value is -3.38. The first-order valence-electron chi connectivity index (χ1n) is 12.3. The van der Waals surface area contributed by atoms with Crippen LogP contribution in [0.2, 0.25) is 0 Å². The molecule has 5 heterocycles. The summed E-state index contributed by atoms with van der Waals surface area (Å²) in [5.41, 5.74) is 0.160. The highest BCUT2D eigenvalue weighted by Crippen LogP contribution is 2.38. The second-order valence-electron chi connectivity index (χ2n) is 10.0. The van der Waals surface area contributed by atoms with Crippen molar-refractivity contribution in [3.63, 3.8) is 0 Å². The molecular weight excluding hydrogens is 486 g/mol. The number of carbonyl (C=O) groups is 1. The first-order chi connectivity index (χ1) is 17.7. The SMILES string of the molecule is COC1CC(Oc2cc(-n3nc(N4CC5CC4CO5)c4cnc(NC(C)=O)cc43)nc(C(C)(F)F)c2)C1. The Morgan fingerprint density at radius 3 is 2.68 bits per heavy atom. The summed E-state index contributed by atoms with van der Waals surface area (Å²) in [4.78, 5) is 22.5. The molecule has 12 heteroatoms. The van der Waals surface area contributed by atoms with E-state index in [1.54, 1.807) is 25.4 Å².